The van der Waals surface area contributed by atoms with Crippen molar-refractivity contribution in [2.45, 2.75) is 78.7 Å². The zero-order valence-electron chi connectivity index (χ0n) is 12.5. The average Bonchev–Trinajstić information content (AvgIpc) is 2.19. The molecule has 0 heterocycles. The maximum Gasteiger partial charge on any atom is 0.0523 e. The molecule has 0 amide bonds. The Balaban J connectivity index is 3.37. The zero-order valence-corrected chi connectivity index (χ0v) is 13.3. The fraction of sp³-hybridized carbons (Fsp3) is 0.933. The van der Waals surface area contributed by atoms with Crippen LogP contribution in [-0.2, 0) is 0 Å². The molecule has 0 atom stereocenters. The molecule has 0 aliphatic carbocycles. The maximum atomic E-state index is 4.66. The van der Waals surface area contributed by atoms with Crippen LogP contribution < -0.4 is 0 Å². The van der Waals surface area contributed by atoms with Crippen LogP contribution in [0, 0.1) is 0 Å². The van der Waals surface area contributed by atoms with Crippen LogP contribution in [0.4, 0.5) is 0 Å². The van der Waals surface area contributed by atoms with Crippen molar-refractivity contribution in [3.8, 4) is 0 Å². The van der Waals surface area contributed by atoms with Gasteiger partial charge < -0.3 is 0 Å². The molecule has 102 valence electrons. The lowest BCUT2D eigenvalue weighted by Gasteiger charge is -2.13. The van der Waals surface area contributed by atoms with Gasteiger partial charge in [0.15, 0.2) is 0 Å². The van der Waals surface area contributed by atoms with E-state index >= 15 is 0 Å². The van der Waals surface area contributed by atoms with Gasteiger partial charge in [0.05, 0.1) is 5.54 Å². The number of unbranched alkanes of at least 4 members (excludes halogenated alkanes) is 5. The molecule has 0 saturated heterocycles. The first-order valence-corrected chi connectivity index (χ1v) is 8.24. The SMILES string of the molecule is CCCCCCCCSCC(C)=NC(C)(C)C. The molecule has 17 heavy (non-hydrogen) atoms. The Morgan fingerprint density at radius 3 is 2.18 bits per heavy atom. The molecule has 0 radical (unpaired) electrons. The monoisotopic (exact) mass is 257 g/mol. The topological polar surface area (TPSA) is 12.4 Å². The number of rotatable bonds is 9. The molecule has 0 aliphatic heterocycles. The van der Waals surface area contributed by atoms with Crippen LogP contribution >= 0.6 is 11.8 Å². The lowest BCUT2D eigenvalue weighted by atomic mass is 10.1. The highest BCUT2D eigenvalue weighted by molar-refractivity contribution is 7.99. The highest BCUT2D eigenvalue weighted by atomic mass is 32.2. The van der Waals surface area contributed by atoms with E-state index < -0.39 is 0 Å². The van der Waals surface area contributed by atoms with Crippen LogP contribution in [0.1, 0.15) is 73.1 Å². The summed E-state index contributed by atoms with van der Waals surface area (Å²) in [5, 5.41) is 0. The molecule has 0 aliphatic rings. The van der Waals surface area contributed by atoms with Crippen LogP contribution in [0.5, 0.6) is 0 Å². The lowest BCUT2D eigenvalue weighted by molar-refractivity contribution is 0.583. The van der Waals surface area contributed by atoms with E-state index in [2.05, 4.69) is 39.6 Å². The second-order valence-electron chi connectivity index (χ2n) is 5.84. The molecule has 0 spiro atoms. The molecule has 2 heteroatoms. The first-order valence-electron chi connectivity index (χ1n) is 7.09. The van der Waals surface area contributed by atoms with Gasteiger partial charge >= 0.3 is 0 Å². The third-order valence-electron chi connectivity index (χ3n) is 2.48. The van der Waals surface area contributed by atoms with Gasteiger partial charge in [0, 0.05) is 11.5 Å². The number of nitrogens with zero attached hydrogens (tertiary/aromatic N) is 1. The van der Waals surface area contributed by atoms with Crippen molar-refractivity contribution in [2.24, 2.45) is 4.99 Å². The largest absolute Gasteiger partial charge is 0.288 e. The van der Waals surface area contributed by atoms with E-state index in [1.165, 1.54) is 50.0 Å². The minimum Gasteiger partial charge on any atom is -0.288 e. The predicted molar refractivity (Wildman–Crippen MR) is 83.6 cm³/mol. The smallest absolute Gasteiger partial charge is 0.0523 e. The fourth-order valence-electron chi connectivity index (χ4n) is 1.81. The number of aliphatic imine (C=N–C) groups is 1. The van der Waals surface area contributed by atoms with Gasteiger partial charge in [-0.15, -0.1) is 0 Å². The van der Waals surface area contributed by atoms with Crippen molar-refractivity contribution in [2.75, 3.05) is 11.5 Å². The van der Waals surface area contributed by atoms with Crippen molar-refractivity contribution in [1.82, 2.24) is 0 Å². The van der Waals surface area contributed by atoms with Crippen LogP contribution in [0.15, 0.2) is 4.99 Å². The minimum absolute atomic E-state index is 0.0881. The fourth-order valence-corrected chi connectivity index (χ4v) is 2.72. The molecule has 0 N–H and O–H groups in total. The summed E-state index contributed by atoms with van der Waals surface area (Å²) in [6.07, 6.45) is 8.37. The van der Waals surface area contributed by atoms with E-state index in [-0.39, 0.29) is 5.54 Å². The van der Waals surface area contributed by atoms with Crippen molar-refractivity contribution in [3.05, 3.63) is 0 Å². The van der Waals surface area contributed by atoms with Gasteiger partial charge in [-0.3, -0.25) is 4.99 Å². The molecular formula is C15H31NS. The van der Waals surface area contributed by atoms with Crippen molar-refractivity contribution >= 4 is 17.5 Å². The van der Waals surface area contributed by atoms with Gasteiger partial charge in [-0.2, -0.15) is 11.8 Å². The molecule has 0 fully saturated rings. The standard InChI is InChI=1S/C15H31NS/c1-6-7-8-9-10-11-12-17-13-14(2)16-15(3,4)5/h6-13H2,1-5H3. The summed E-state index contributed by atoms with van der Waals surface area (Å²) in [6.45, 7) is 10.9. The number of hydrogen-bond acceptors (Lipinski definition) is 2. The van der Waals surface area contributed by atoms with Crippen molar-refractivity contribution in [1.29, 1.82) is 0 Å². The Hall–Kier alpha value is 0.0200. The Labute approximate surface area is 113 Å². The first-order chi connectivity index (χ1) is 7.95. The van der Waals surface area contributed by atoms with E-state index in [9.17, 15) is 0 Å². The summed E-state index contributed by atoms with van der Waals surface area (Å²) in [5.41, 5.74) is 1.37. The first kappa shape index (κ1) is 17.0. The van der Waals surface area contributed by atoms with E-state index in [4.69, 9.17) is 0 Å². The lowest BCUT2D eigenvalue weighted by Crippen LogP contribution is -2.13. The summed E-state index contributed by atoms with van der Waals surface area (Å²) in [6, 6.07) is 0. The van der Waals surface area contributed by atoms with E-state index in [0.29, 0.717) is 0 Å². The number of hydrogen-bond donors (Lipinski definition) is 0. The summed E-state index contributed by atoms with van der Waals surface area (Å²) in [7, 11) is 0. The van der Waals surface area contributed by atoms with Gasteiger partial charge in [-0.1, -0.05) is 39.0 Å². The Kier molecular flexibility index (Phi) is 10.0. The molecule has 0 aromatic carbocycles. The molecule has 1 nitrogen and oxygen atoms in total. The summed E-state index contributed by atoms with van der Waals surface area (Å²) < 4.78 is 0. The summed E-state index contributed by atoms with van der Waals surface area (Å²) in [4.78, 5) is 4.66. The van der Waals surface area contributed by atoms with Crippen LogP contribution in [0.25, 0.3) is 0 Å². The second-order valence-corrected chi connectivity index (χ2v) is 6.94. The quantitative estimate of drug-likeness (QED) is 0.401. The molecule has 0 aromatic rings. The van der Waals surface area contributed by atoms with Crippen LogP contribution in [0.3, 0.4) is 0 Å². The molecule has 0 rings (SSSR count). The Morgan fingerprint density at radius 1 is 1.00 bits per heavy atom. The van der Waals surface area contributed by atoms with Gasteiger partial charge in [0.1, 0.15) is 0 Å². The predicted octanol–water partition coefficient (Wildman–Crippen LogP) is 5.34. The maximum absolute atomic E-state index is 4.66. The normalized spacial score (nSPS) is 13.1. The summed E-state index contributed by atoms with van der Waals surface area (Å²) >= 11 is 2.04. The van der Waals surface area contributed by atoms with Crippen molar-refractivity contribution < 1.29 is 0 Å². The third kappa shape index (κ3) is 14.0. The Bertz CT molecular complexity index is 203. The Morgan fingerprint density at radius 2 is 1.59 bits per heavy atom. The van der Waals surface area contributed by atoms with Gasteiger partial charge in [-0.25, -0.2) is 0 Å². The third-order valence-corrected chi connectivity index (χ3v) is 3.68. The number of thioether (sulfide) groups is 1. The highest BCUT2D eigenvalue weighted by Crippen LogP contribution is 2.12. The molecule has 0 unspecified atom stereocenters. The molecule has 0 saturated carbocycles. The highest BCUT2D eigenvalue weighted by Gasteiger charge is 2.07. The molecular weight excluding hydrogens is 226 g/mol. The van der Waals surface area contributed by atoms with Gasteiger partial charge in [0.2, 0.25) is 0 Å². The van der Waals surface area contributed by atoms with Crippen LogP contribution in [0.2, 0.25) is 0 Å². The molecule has 0 bridgehead atoms. The summed E-state index contributed by atoms with van der Waals surface area (Å²) in [5.74, 6) is 2.40. The average molecular weight is 257 g/mol. The van der Waals surface area contributed by atoms with E-state index in [0.717, 1.165) is 5.75 Å². The van der Waals surface area contributed by atoms with E-state index in [1.807, 2.05) is 11.8 Å². The minimum atomic E-state index is 0.0881. The second kappa shape index (κ2) is 9.99. The van der Waals surface area contributed by atoms with Gasteiger partial charge in [0.25, 0.3) is 0 Å². The zero-order chi connectivity index (χ0) is 13.1. The molecule has 0 aromatic heterocycles. The van der Waals surface area contributed by atoms with Gasteiger partial charge in [-0.05, 0) is 39.9 Å². The van der Waals surface area contributed by atoms with E-state index in [1.54, 1.807) is 0 Å². The van der Waals surface area contributed by atoms with Crippen molar-refractivity contribution in [3.63, 3.8) is 0 Å². The van der Waals surface area contributed by atoms with Crippen LogP contribution in [-0.4, -0.2) is 22.8 Å².